The maximum absolute atomic E-state index is 13.3. The number of nitrogens with zero attached hydrogens (tertiary/aromatic N) is 4. The van der Waals surface area contributed by atoms with Gasteiger partial charge in [-0.15, -0.1) is 0 Å². The summed E-state index contributed by atoms with van der Waals surface area (Å²) >= 11 is 0. The Bertz CT molecular complexity index is 1060. The summed E-state index contributed by atoms with van der Waals surface area (Å²) in [6.45, 7) is 1.76. The number of carbonyl (C=O) groups excluding carboxylic acids is 1. The van der Waals surface area contributed by atoms with Crippen molar-refractivity contribution in [1.82, 2.24) is 19.4 Å². The van der Waals surface area contributed by atoms with Gasteiger partial charge in [-0.05, 0) is 50.0 Å². The largest absolute Gasteiger partial charge is 0.497 e. The molecule has 1 amide bonds. The molecule has 6 nitrogen and oxygen atoms in total. The third kappa shape index (κ3) is 6.58. The summed E-state index contributed by atoms with van der Waals surface area (Å²) in [5.41, 5.74) is 0.533. The molecule has 0 fully saturated rings. The van der Waals surface area contributed by atoms with Gasteiger partial charge in [-0.2, -0.15) is 13.2 Å². The summed E-state index contributed by atoms with van der Waals surface area (Å²) in [6.07, 6.45) is -0.987. The predicted molar refractivity (Wildman–Crippen MR) is 119 cm³/mol. The molecule has 3 rings (SSSR count). The van der Waals surface area contributed by atoms with Gasteiger partial charge >= 0.3 is 6.18 Å². The zero-order valence-corrected chi connectivity index (χ0v) is 18.8. The fourth-order valence-electron chi connectivity index (χ4n) is 3.31. The van der Waals surface area contributed by atoms with Crippen LogP contribution < -0.4 is 4.74 Å². The lowest BCUT2D eigenvalue weighted by Gasteiger charge is -2.25. The van der Waals surface area contributed by atoms with Gasteiger partial charge in [0.1, 0.15) is 11.6 Å². The van der Waals surface area contributed by atoms with Crippen molar-refractivity contribution >= 4 is 5.91 Å². The standard InChI is InChI=1S/C24H27F3N4O2/c1-29(2)13-14-31(23(32)19-5-4-6-21(15-19)33-3)17-22-28-11-12-30(22)16-18-7-9-20(10-8-18)24(25,26)27/h4-12,15H,13-14,16-17H2,1-3H3. The predicted octanol–water partition coefficient (Wildman–Crippen LogP) is 4.16. The monoisotopic (exact) mass is 460 g/mol. The first-order valence-corrected chi connectivity index (χ1v) is 10.4. The lowest BCUT2D eigenvalue weighted by atomic mass is 10.1. The first-order valence-electron chi connectivity index (χ1n) is 10.4. The molecule has 0 aliphatic heterocycles. The molecular formula is C24H27F3N4O2. The van der Waals surface area contributed by atoms with Crippen molar-refractivity contribution in [2.45, 2.75) is 19.3 Å². The van der Waals surface area contributed by atoms with Crippen LogP contribution in [0.4, 0.5) is 13.2 Å². The first-order chi connectivity index (χ1) is 15.7. The van der Waals surface area contributed by atoms with Crippen LogP contribution >= 0.6 is 0 Å². The zero-order valence-electron chi connectivity index (χ0n) is 18.8. The van der Waals surface area contributed by atoms with E-state index in [1.165, 1.54) is 12.1 Å². The van der Waals surface area contributed by atoms with Gasteiger partial charge in [0.15, 0.2) is 0 Å². The maximum Gasteiger partial charge on any atom is 0.416 e. The summed E-state index contributed by atoms with van der Waals surface area (Å²) in [4.78, 5) is 21.4. The van der Waals surface area contributed by atoms with E-state index in [0.29, 0.717) is 42.3 Å². The minimum absolute atomic E-state index is 0.153. The van der Waals surface area contributed by atoms with E-state index in [9.17, 15) is 18.0 Å². The number of halogens is 3. The lowest BCUT2D eigenvalue weighted by Crippen LogP contribution is -2.37. The van der Waals surface area contributed by atoms with Crippen molar-refractivity contribution in [3.8, 4) is 5.75 Å². The molecule has 1 heterocycles. The van der Waals surface area contributed by atoms with Crippen molar-refractivity contribution in [3.63, 3.8) is 0 Å². The molecule has 9 heteroatoms. The quantitative estimate of drug-likeness (QED) is 0.481. The molecule has 0 spiro atoms. The van der Waals surface area contributed by atoms with Gasteiger partial charge in [0.2, 0.25) is 0 Å². The van der Waals surface area contributed by atoms with E-state index in [0.717, 1.165) is 12.1 Å². The van der Waals surface area contributed by atoms with Crippen LogP contribution in [0.1, 0.15) is 27.3 Å². The van der Waals surface area contributed by atoms with E-state index < -0.39 is 11.7 Å². The first kappa shape index (κ1) is 24.3. The Labute approximate surface area is 191 Å². The second-order valence-corrected chi connectivity index (χ2v) is 7.93. The highest BCUT2D eigenvalue weighted by atomic mass is 19.4. The van der Waals surface area contributed by atoms with Crippen LogP contribution in [0.3, 0.4) is 0 Å². The Morgan fingerprint density at radius 3 is 2.45 bits per heavy atom. The van der Waals surface area contributed by atoms with Gasteiger partial charge in [-0.3, -0.25) is 4.79 Å². The van der Waals surface area contributed by atoms with Gasteiger partial charge in [-0.1, -0.05) is 18.2 Å². The third-order valence-corrected chi connectivity index (χ3v) is 5.19. The molecule has 0 N–H and O–H groups in total. The molecular weight excluding hydrogens is 433 g/mol. The average Bonchev–Trinajstić information content (AvgIpc) is 3.22. The number of amides is 1. The van der Waals surface area contributed by atoms with Gasteiger partial charge in [0.05, 0.1) is 19.2 Å². The van der Waals surface area contributed by atoms with E-state index >= 15 is 0 Å². The molecule has 33 heavy (non-hydrogen) atoms. The zero-order chi connectivity index (χ0) is 24.0. The maximum atomic E-state index is 13.3. The van der Waals surface area contributed by atoms with E-state index in [4.69, 9.17) is 4.74 Å². The molecule has 0 aliphatic rings. The number of hydrogen-bond donors (Lipinski definition) is 0. The van der Waals surface area contributed by atoms with Crippen molar-refractivity contribution in [2.75, 3.05) is 34.3 Å². The number of rotatable bonds is 9. The normalized spacial score (nSPS) is 11.6. The van der Waals surface area contributed by atoms with Crippen LogP contribution in [-0.4, -0.2) is 59.6 Å². The topological polar surface area (TPSA) is 50.6 Å². The number of carbonyl (C=O) groups is 1. The molecule has 0 bridgehead atoms. The average molecular weight is 461 g/mol. The number of aromatic nitrogens is 2. The highest BCUT2D eigenvalue weighted by Crippen LogP contribution is 2.29. The van der Waals surface area contributed by atoms with Crippen molar-refractivity contribution in [1.29, 1.82) is 0 Å². The van der Waals surface area contributed by atoms with Crippen molar-refractivity contribution in [3.05, 3.63) is 83.4 Å². The molecule has 0 aliphatic carbocycles. The minimum atomic E-state index is -4.37. The number of ether oxygens (including phenoxy) is 1. The minimum Gasteiger partial charge on any atom is -0.497 e. The van der Waals surface area contributed by atoms with Gasteiger partial charge < -0.3 is 19.1 Å². The Balaban J connectivity index is 1.79. The molecule has 0 radical (unpaired) electrons. The van der Waals surface area contributed by atoms with E-state index in [1.54, 1.807) is 48.7 Å². The van der Waals surface area contributed by atoms with E-state index in [-0.39, 0.29) is 12.5 Å². The highest BCUT2D eigenvalue weighted by Gasteiger charge is 2.30. The molecule has 1 aromatic heterocycles. The second kappa shape index (κ2) is 10.5. The third-order valence-electron chi connectivity index (χ3n) is 5.19. The number of alkyl halides is 3. The SMILES string of the molecule is COc1cccc(C(=O)N(CCN(C)C)Cc2nccn2Cc2ccc(C(F)(F)F)cc2)c1. The number of imidazole rings is 1. The number of benzene rings is 2. The number of likely N-dealkylation sites (N-methyl/N-ethyl adjacent to an activating group) is 1. The fourth-order valence-corrected chi connectivity index (χ4v) is 3.31. The summed E-state index contributed by atoms with van der Waals surface area (Å²) < 4.78 is 45.6. The Hall–Kier alpha value is -3.33. The smallest absolute Gasteiger partial charge is 0.416 e. The van der Waals surface area contributed by atoms with Crippen molar-refractivity contribution < 1.29 is 22.7 Å². The summed E-state index contributed by atoms with van der Waals surface area (Å²) in [6, 6.07) is 12.0. The van der Waals surface area contributed by atoms with Crippen LogP contribution in [0.25, 0.3) is 0 Å². The molecule has 0 saturated heterocycles. The van der Waals surface area contributed by atoms with Crippen LogP contribution in [0.2, 0.25) is 0 Å². The van der Waals surface area contributed by atoms with Crippen LogP contribution in [0, 0.1) is 0 Å². The molecule has 3 aromatic rings. The lowest BCUT2D eigenvalue weighted by molar-refractivity contribution is -0.137. The number of methoxy groups -OCH3 is 1. The Kier molecular flexibility index (Phi) is 7.75. The summed E-state index contributed by atoms with van der Waals surface area (Å²) in [5.74, 6) is 1.09. The number of hydrogen-bond acceptors (Lipinski definition) is 4. The molecule has 0 atom stereocenters. The van der Waals surface area contributed by atoms with Crippen LogP contribution in [0.15, 0.2) is 60.9 Å². The summed E-state index contributed by atoms with van der Waals surface area (Å²) in [5, 5.41) is 0. The van der Waals surface area contributed by atoms with E-state index in [2.05, 4.69) is 4.98 Å². The van der Waals surface area contributed by atoms with Gasteiger partial charge in [-0.25, -0.2) is 4.98 Å². The van der Waals surface area contributed by atoms with E-state index in [1.807, 2.05) is 23.6 Å². The fraction of sp³-hybridized carbons (Fsp3) is 0.333. The Morgan fingerprint density at radius 2 is 1.82 bits per heavy atom. The molecule has 0 unspecified atom stereocenters. The van der Waals surface area contributed by atoms with Crippen molar-refractivity contribution in [2.24, 2.45) is 0 Å². The van der Waals surface area contributed by atoms with Gasteiger partial charge in [0, 0.05) is 37.6 Å². The highest BCUT2D eigenvalue weighted by molar-refractivity contribution is 5.94. The second-order valence-electron chi connectivity index (χ2n) is 7.93. The summed E-state index contributed by atoms with van der Waals surface area (Å²) in [7, 11) is 5.41. The molecule has 176 valence electrons. The molecule has 0 saturated carbocycles. The van der Waals surface area contributed by atoms with Gasteiger partial charge in [0.25, 0.3) is 5.91 Å². The Morgan fingerprint density at radius 1 is 1.09 bits per heavy atom. The van der Waals surface area contributed by atoms with Crippen LogP contribution in [0.5, 0.6) is 5.75 Å². The van der Waals surface area contributed by atoms with Crippen LogP contribution in [-0.2, 0) is 19.3 Å². The molecule has 2 aromatic carbocycles.